The summed E-state index contributed by atoms with van der Waals surface area (Å²) in [6.07, 6.45) is -7.98. The maximum Gasteiger partial charge on any atom is 0.418 e. The predicted molar refractivity (Wildman–Crippen MR) is 48.9 cm³/mol. The zero-order chi connectivity index (χ0) is 13.4. The first-order valence-electron chi connectivity index (χ1n) is 3.93. The highest BCUT2D eigenvalue weighted by Gasteiger charge is 2.40. The minimum Gasteiger partial charge on any atom is -0.478 e. The lowest BCUT2D eigenvalue weighted by atomic mass is 10.1. The van der Waals surface area contributed by atoms with Crippen LogP contribution in [0.1, 0.15) is 28.0 Å². The molecule has 3 nitrogen and oxygen atoms in total. The molecule has 9 heteroatoms. The average molecular weight is 320 g/mol. The number of pyridine rings is 1. The highest BCUT2D eigenvalue weighted by Crippen LogP contribution is 2.39. The maximum absolute atomic E-state index is 12.5. The van der Waals surface area contributed by atoms with E-state index in [1.54, 1.807) is 0 Å². The smallest absolute Gasteiger partial charge is 0.418 e. The first-order valence-corrected chi connectivity index (χ1v) is 4.72. The van der Waals surface area contributed by atoms with Gasteiger partial charge in [0.1, 0.15) is 11.3 Å². The van der Waals surface area contributed by atoms with Crippen molar-refractivity contribution in [2.75, 3.05) is 0 Å². The maximum atomic E-state index is 12.5. The van der Waals surface area contributed by atoms with Gasteiger partial charge in [0.15, 0.2) is 0 Å². The van der Waals surface area contributed by atoms with Crippen LogP contribution in [-0.4, -0.2) is 16.1 Å². The molecular weight excluding hydrogens is 317 g/mol. The largest absolute Gasteiger partial charge is 0.478 e. The van der Waals surface area contributed by atoms with Crippen molar-refractivity contribution in [1.29, 1.82) is 0 Å². The summed E-state index contributed by atoms with van der Waals surface area (Å²) >= 11 is 2.44. The number of carboxylic acid groups (broad SMARTS) is 1. The Hall–Kier alpha value is -1.25. The van der Waals surface area contributed by atoms with Gasteiger partial charge in [-0.1, -0.05) is 0 Å². The normalized spacial score (nSPS) is 11.9. The summed E-state index contributed by atoms with van der Waals surface area (Å²) in [6, 6.07) is 0. The summed E-state index contributed by atoms with van der Waals surface area (Å²) in [5.74, 6) is -2.11. The van der Waals surface area contributed by atoms with Crippen molar-refractivity contribution in [2.24, 2.45) is 0 Å². The Bertz CT molecular complexity index is 460. The molecule has 0 fully saturated rings. The molecule has 17 heavy (non-hydrogen) atoms. The van der Waals surface area contributed by atoms with Gasteiger partial charge < -0.3 is 5.11 Å². The topological polar surface area (TPSA) is 50.2 Å². The number of alkyl halides is 5. The van der Waals surface area contributed by atoms with E-state index in [0.29, 0.717) is 6.20 Å². The number of aromatic carboxylic acids is 1. The molecule has 1 aromatic rings. The van der Waals surface area contributed by atoms with Crippen molar-refractivity contribution in [3.8, 4) is 0 Å². The third kappa shape index (κ3) is 2.71. The van der Waals surface area contributed by atoms with E-state index in [2.05, 4.69) is 20.9 Å². The van der Waals surface area contributed by atoms with E-state index in [0.717, 1.165) is 0 Å². The number of carboxylic acids is 1. The SMILES string of the molecule is O=C(O)c1c(C(F)F)ncc(Br)c1C(F)(F)F. The molecule has 0 saturated heterocycles. The van der Waals surface area contributed by atoms with Crippen LogP contribution in [0.3, 0.4) is 0 Å². The molecule has 0 amide bonds. The van der Waals surface area contributed by atoms with Crippen LogP contribution < -0.4 is 0 Å². The highest BCUT2D eigenvalue weighted by atomic mass is 79.9. The molecule has 0 aliphatic rings. The van der Waals surface area contributed by atoms with Crippen molar-refractivity contribution < 1.29 is 31.9 Å². The molecule has 0 aliphatic heterocycles. The summed E-state index contributed by atoms with van der Waals surface area (Å²) in [7, 11) is 0. The quantitative estimate of drug-likeness (QED) is 0.849. The Morgan fingerprint density at radius 1 is 1.41 bits per heavy atom. The molecule has 0 unspecified atom stereocenters. The van der Waals surface area contributed by atoms with Gasteiger partial charge in [-0.05, 0) is 15.9 Å². The van der Waals surface area contributed by atoms with Crippen molar-refractivity contribution in [1.82, 2.24) is 4.98 Å². The second-order valence-corrected chi connectivity index (χ2v) is 3.70. The molecule has 0 saturated carbocycles. The Morgan fingerprint density at radius 2 is 1.94 bits per heavy atom. The van der Waals surface area contributed by atoms with E-state index in [1.165, 1.54) is 0 Å². The van der Waals surface area contributed by atoms with E-state index in [-0.39, 0.29) is 0 Å². The summed E-state index contributed by atoms with van der Waals surface area (Å²) in [5.41, 5.74) is -4.62. The Balaban J connectivity index is 3.67. The molecule has 1 N–H and O–H groups in total. The highest BCUT2D eigenvalue weighted by molar-refractivity contribution is 9.10. The average Bonchev–Trinajstić information content (AvgIpc) is 2.14. The van der Waals surface area contributed by atoms with Crippen LogP contribution >= 0.6 is 15.9 Å². The number of carbonyl (C=O) groups is 1. The number of halogens is 6. The Kier molecular flexibility index (Phi) is 3.70. The zero-order valence-electron chi connectivity index (χ0n) is 7.73. The third-order valence-corrected chi connectivity index (χ3v) is 2.37. The summed E-state index contributed by atoms with van der Waals surface area (Å²) in [4.78, 5) is 13.6. The lowest BCUT2D eigenvalue weighted by molar-refractivity contribution is -0.138. The lowest BCUT2D eigenvalue weighted by Crippen LogP contribution is -2.17. The number of rotatable bonds is 2. The van der Waals surface area contributed by atoms with Gasteiger partial charge in [-0.3, -0.25) is 4.98 Å². The minimum atomic E-state index is -5.07. The van der Waals surface area contributed by atoms with Crippen LogP contribution in [0, 0.1) is 0 Å². The molecule has 1 aromatic heterocycles. The predicted octanol–water partition coefficient (Wildman–Crippen LogP) is 3.50. The van der Waals surface area contributed by atoms with Crippen LogP contribution in [0.15, 0.2) is 10.7 Å². The van der Waals surface area contributed by atoms with E-state index in [1.807, 2.05) is 0 Å². The number of hydrogen-bond donors (Lipinski definition) is 1. The Labute approximate surface area is 99.4 Å². The van der Waals surface area contributed by atoms with E-state index < -0.39 is 39.9 Å². The fraction of sp³-hybridized carbons (Fsp3) is 0.250. The third-order valence-electron chi connectivity index (χ3n) is 1.77. The van der Waals surface area contributed by atoms with Crippen molar-refractivity contribution in [3.05, 3.63) is 27.5 Å². The van der Waals surface area contributed by atoms with Crippen LogP contribution in [-0.2, 0) is 6.18 Å². The minimum absolute atomic E-state index is 0.497. The summed E-state index contributed by atoms with van der Waals surface area (Å²) < 4.78 is 61.7. The van der Waals surface area contributed by atoms with Gasteiger partial charge in [0.2, 0.25) is 0 Å². The number of aromatic nitrogens is 1. The molecule has 0 bridgehead atoms. The fourth-order valence-corrected chi connectivity index (χ4v) is 1.69. The molecule has 0 atom stereocenters. The van der Waals surface area contributed by atoms with Crippen LogP contribution in [0.2, 0.25) is 0 Å². The van der Waals surface area contributed by atoms with Gasteiger partial charge in [0.25, 0.3) is 6.43 Å². The van der Waals surface area contributed by atoms with E-state index in [4.69, 9.17) is 5.11 Å². The molecule has 94 valence electrons. The van der Waals surface area contributed by atoms with Gasteiger partial charge >= 0.3 is 12.1 Å². The van der Waals surface area contributed by atoms with Crippen LogP contribution in [0.25, 0.3) is 0 Å². The molecule has 0 spiro atoms. The van der Waals surface area contributed by atoms with Crippen molar-refractivity contribution >= 4 is 21.9 Å². The Morgan fingerprint density at radius 3 is 2.29 bits per heavy atom. The van der Waals surface area contributed by atoms with Gasteiger partial charge in [-0.25, -0.2) is 13.6 Å². The molecule has 0 radical (unpaired) electrons. The number of nitrogens with zero attached hydrogens (tertiary/aromatic N) is 1. The first kappa shape index (κ1) is 13.8. The van der Waals surface area contributed by atoms with Crippen LogP contribution in [0.4, 0.5) is 22.0 Å². The van der Waals surface area contributed by atoms with E-state index in [9.17, 15) is 26.7 Å². The van der Waals surface area contributed by atoms with Crippen molar-refractivity contribution in [2.45, 2.75) is 12.6 Å². The zero-order valence-corrected chi connectivity index (χ0v) is 9.31. The molecule has 1 heterocycles. The molecule has 1 rings (SSSR count). The second kappa shape index (κ2) is 4.55. The monoisotopic (exact) mass is 319 g/mol. The summed E-state index contributed by atoms with van der Waals surface area (Å²) in [5, 5.41) is 8.59. The van der Waals surface area contributed by atoms with Gasteiger partial charge in [-0.2, -0.15) is 13.2 Å². The summed E-state index contributed by atoms with van der Waals surface area (Å²) in [6.45, 7) is 0. The lowest BCUT2D eigenvalue weighted by Gasteiger charge is -2.14. The first-order chi connectivity index (χ1) is 7.66. The van der Waals surface area contributed by atoms with Gasteiger partial charge in [0.05, 0.1) is 5.56 Å². The standard InChI is InChI=1S/C8H3BrF5NO2/c9-2-1-15-5(6(10)11)3(7(16)17)4(2)8(12,13)14/h1,6H,(H,16,17). The number of hydrogen-bond acceptors (Lipinski definition) is 2. The molecular formula is C8H3BrF5NO2. The van der Waals surface area contributed by atoms with E-state index >= 15 is 0 Å². The van der Waals surface area contributed by atoms with Crippen LogP contribution in [0.5, 0.6) is 0 Å². The fourth-order valence-electron chi connectivity index (χ4n) is 1.16. The van der Waals surface area contributed by atoms with Gasteiger partial charge in [0, 0.05) is 10.7 Å². The molecule has 0 aliphatic carbocycles. The van der Waals surface area contributed by atoms with Gasteiger partial charge in [-0.15, -0.1) is 0 Å². The van der Waals surface area contributed by atoms with Crippen molar-refractivity contribution in [3.63, 3.8) is 0 Å². The molecule has 0 aromatic carbocycles. The second-order valence-electron chi connectivity index (χ2n) is 2.84.